The van der Waals surface area contributed by atoms with Crippen LogP contribution in [-0.2, 0) is 20.9 Å². The quantitative estimate of drug-likeness (QED) is 0.375. The standard InChI is InChI=1S/C21H27N3O6/c1-16(2)22-14-19(30-21(27)9-8-20(25)26)15-29-18-6-4-17(5-7-18)28-13-12-24-11-3-10-23-24/h3-11,16,19,22H,12-15H2,1-2H3,(H,25,26)/b9-8-. The van der Waals surface area contributed by atoms with Gasteiger partial charge in [0.15, 0.2) is 0 Å². The van der Waals surface area contributed by atoms with Crippen LogP contribution < -0.4 is 14.8 Å². The van der Waals surface area contributed by atoms with Gasteiger partial charge in [0.1, 0.15) is 30.8 Å². The molecule has 2 N–H and O–H groups in total. The first-order valence-electron chi connectivity index (χ1n) is 9.60. The van der Waals surface area contributed by atoms with Crippen LogP contribution in [0.4, 0.5) is 0 Å². The molecule has 0 aliphatic heterocycles. The summed E-state index contributed by atoms with van der Waals surface area (Å²) in [7, 11) is 0. The van der Waals surface area contributed by atoms with Crippen molar-refractivity contribution in [3.05, 3.63) is 54.9 Å². The van der Waals surface area contributed by atoms with Crippen LogP contribution in [0.15, 0.2) is 54.9 Å². The van der Waals surface area contributed by atoms with Crippen LogP contribution in [0.5, 0.6) is 11.5 Å². The lowest BCUT2D eigenvalue weighted by Gasteiger charge is -2.20. The molecule has 0 bridgehead atoms. The molecule has 2 rings (SSSR count). The maximum Gasteiger partial charge on any atom is 0.331 e. The first-order valence-corrected chi connectivity index (χ1v) is 9.60. The van der Waals surface area contributed by atoms with Gasteiger partial charge in [-0.1, -0.05) is 13.8 Å². The van der Waals surface area contributed by atoms with E-state index >= 15 is 0 Å². The molecular weight excluding hydrogens is 390 g/mol. The summed E-state index contributed by atoms with van der Waals surface area (Å²) in [5.74, 6) is -0.650. The molecule has 0 spiro atoms. The van der Waals surface area contributed by atoms with Gasteiger partial charge >= 0.3 is 11.9 Å². The number of hydrogen-bond acceptors (Lipinski definition) is 7. The smallest absolute Gasteiger partial charge is 0.331 e. The Balaban J connectivity index is 1.82. The number of esters is 1. The van der Waals surface area contributed by atoms with Crippen LogP contribution in [0.1, 0.15) is 13.8 Å². The van der Waals surface area contributed by atoms with Gasteiger partial charge < -0.3 is 24.6 Å². The minimum absolute atomic E-state index is 0.117. The average Bonchev–Trinajstić information content (AvgIpc) is 3.23. The Morgan fingerprint density at radius 3 is 2.47 bits per heavy atom. The van der Waals surface area contributed by atoms with E-state index in [2.05, 4.69) is 10.4 Å². The maximum atomic E-state index is 11.8. The predicted molar refractivity (Wildman–Crippen MR) is 109 cm³/mol. The number of carbonyl (C=O) groups excluding carboxylic acids is 1. The zero-order valence-corrected chi connectivity index (χ0v) is 17.1. The number of ether oxygens (including phenoxy) is 3. The number of aliphatic carboxylic acids is 1. The highest BCUT2D eigenvalue weighted by Crippen LogP contribution is 2.18. The molecule has 0 saturated carbocycles. The lowest BCUT2D eigenvalue weighted by Crippen LogP contribution is -2.38. The molecule has 1 atom stereocenters. The minimum atomic E-state index is -1.22. The molecule has 30 heavy (non-hydrogen) atoms. The van der Waals surface area contributed by atoms with E-state index in [0.29, 0.717) is 31.2 Å². The summed E-state index contributed by atoms with van der Waals surface area (Å²) >= 11 is 0. The third-order valence-corrected chi connectivity index (χ3v) is 3.81. The maximum absolute atomic E-state index is 11.8. The van der Waals surface area contributed by atoms with E-state index in [9.17, 15) is 9.59 Å². The van der Waals surface area contributed by atoms with Crippen molar-refractivity contribution in [1.29, 1.82) is 0 Å². The molecule has 0 aliphatic rings. The molecule has 1 aromatic carbocycles. The fourth-order valence-corrected chi connectivity index (χ4v) is 2.36. The van der Waals surface area contributed by atoms with Gasteiger partial charge in [-0.15, -0.1) is 0 Å². The molecule has 1 heterocycles. The van der Waals surface area contributed by atoms with Crippen LogP contribution in [0.25, 0.3) is 0 Å². The topological polar surface area (TPSA) is 112 Å². The van der Waals surface area contributed by atoms with Crippen LogP contribution in [-0.4, -0.2) is 58.7 Å². The summed E-state index contributed by atoms with van der Waals surface area (Å²) in [6.07, 6.45) is 4.62. The largest absolute Gasteiger partial charge is 0.492 e. The zero-order chi connectivity index (χ0) is 21.8. The Labute approximate surface area is 175 Å². The van der Waals surface area contributed by atoms with Crippen LogP contribution >= 0.6 is 0 Å². The average molecular weight is 417 g/mol. The van der Waals surface area contributed by atoms with Crippen molar-refractivity contribution < 1.29 is 28.9 Å². The number of benzene rings is 1. The van der Waals surface area contributed by atoms with E-state index in [-0.39, 0.29) is 12.6 Å². The first-order chi connectivity index (χ1) is 14.4. The number of rotatable bonds is 13. The molecule has 9 nitrogen and oxygen atoms in total. The molecule has 0 fully saturated rings. The van der Waals surface area contributed by atoms with E-state index < -0.39 is 18.0 Å². The summed E-state index contributed by atoms with van der Waals surface area (Å²) in [4.78, 5) is 22.3. The third-order valence-electron chi connectivity index (χ3n) is 3.81. The minimum Gasteiger partial charge on any atom is -0.492 e. The van der Waals surface area contributed by atoms with E-state index in [1.165, 1.54) is 0 Å². The van der Waals surface area contributed by atoms with Crippen LogP contribution in [0.3, 0.4) is 0 Å². The molecule has 2 aromatic rings. The summed E-state index contributed by atoms with van der Waals surface area (Å²) in [5.41, 5.74) is 0. The van der Waals surface area contributed by atoms with Gasteiger partial charge in [0.05, 0.1) is 6.54 Å². The normalized spacial score (nSPS) is 12.1. The van der Waals surface area contributed by atoms with Crippen molar-refractivity contribution in [3.63, 3.8) is 0 Å². The van der Waals surface area contributed by atoms with Crippen molar-refractivity contribution >= 4 is 11.9 Å². The summed E-state index contributed by atoms with van der Waals surface area (Å²) in [6.45, 7) is 5.57. The fourth-order valence-electron chi connectivity index (χ4n) is 2.36. The van der Waals surface area contributed by atoms with Gasteiger partial charge in [0.25, 0.3) is 0 Å². The number of carboxylic acids is 1. The monoisotopic (exact) mass is 417 g/mol. The molecule has 1 unspecified atom stereocenters. The Morgan fingerprint density at radius 1 is 1.17 bits per heavy atom. The van der Waals surface area contributed by atoms with Crippen molar-refractivity contribution in [2.75, 3.05) is 19.8 Å². The van der Waals surface area contributed by atoms with E-state index in [0.717, 1.165) is 12.2 Å². The van der Waals surface area contributed by atoms with E-state index in [1.54, 1.807) is 35.1 Å². The number of hydrogen-bond donors (Lipinski definition) is 2. The van der Waals surface area contributed by atoms with Crippen LogP contribution in [0.2, 0.25) is 0 Å². The fraction of sp³-hybridized carbons (Fsp3) is 0.381. The SMILES string of the molecule is CC(C)NCC(COc1ccc(OCCn2cccn2)cc1)OC(=O)/C=C\C(=O)O. The lowest BCUT2D eigenvalue weighted by molar-refractivity contribution is -0.144. The molecular formula is C21H27N3O6. The Morgan fingerprint density at radius 2 is 1.87 bits per heavy atom. The molecule has 0 radical (unpaired) electrons. The van der Waals surface area contributed by atoms with E-state index in [4.69, 9.17) is 19.3 Å². The highest BCUT2D eigenvalue weighted by molar-refractivity contribution is 5.90. The molecule has 0 amide bonds. The highest BCUT2D eigenvalue weighted by atomic mass is 16.6. The number of carbonyl (C=O) groups is 2. The van der Waals surface area contributed by atoms with Gasteiger partial charge in [-0.2, -0.15) is 5.10 Å². The summed E-state index contributed by atoms with van der Waals surface area (Å²) < 4.78 is 18.5. The molecule has 0 aliphatic carbocycles. The second kappa shape index (κ2) is 12.3. The van der Waals surface area contributed by atoms with Gasteiger partial charge in [0, 0.05) is 37.1 Å². The number of nitrogens with one attached hydrogen (secondary N) is 1. The number of aromatic nitrogens is 2. The van der Waals surface area contributed by atoms with Gasteiger partial charge in [-0.3, -0.25) is 4.68 Å². The Kier molecular flexibility index (Phi) is 9.39. The van der Waals surface area contributed by atoms with Crippen molar-refractivity contribution in [2.45, 2.75) is 32.5 Å². The van der Waals surface area contributed by atoms with Crippen LogP contribution in [0, 0.1) is 0 Å². The second-order valence-electron chi connectivity index (χ2n) is 6.69. The second-order valence-corrected chi connectivity index (χ2v) is 6.69. The third kappa shape index (κ3) is 9.24. The van der Waals surface area contributed by atoms with E-state index in [1.807, 2.05) is 26.1 Å². The Hall–Kier alpha value is -3.33. The highest BCUT2D eigenvalue weighted by Gasteiger charge is 2.15. The predicted octanol–water partition coefficient (Wildman–Crippen LogP) is 1.89. The summed E-state index contributed by atoms with van der Waals surface area (Å²) in [6, 6.07) is 9.17. The molecule has 9 heteroatoms. The summed E-state index contributed by atoms with van der Waals surface area (Å²) in [5, 5.41) is 15.9. The first kappa shape index (κ1) is 23.0. The van der Waals surface area contributed by atoms with Crippen molar-refractivity contribution in [2.24, 2.45) is 0 Å². The lowest BCUT2D eigenvalue weighted by atomic mass is 10.3. The number of carboxylic acid groups (broad SMARTS) is 1. The Bertz CT molecular complexity index is 803. The molecule has 162 valence electrons. The molecule has 0 saturated heterocycles. The van der Waals surface area contributed by atoms with Gasteiger partial charge in [-0.25, -0.2) is 9.59 Å². The molecule has 1 aromatic heterocycles. The van der Waals surface area contributed by atoms with Gasteiger partial charge in [-0.05, 0) is 30.3 Å². The van der Waals surface area contributed by atoms with Gasteiger partial charge in [0.2, 0.25) is 0 Å². The zero-order valence-electron chi connectivity index (χ0n) is 17.1. The van der Waals surface area contributed by atoms with Crippen molar-refractivity contribution in [3.8, 4) is 11.5 Å². The van der Waals surface area contributed by atoms with Crippen molar-refractivity contribution in [1.82, 2.24) is 15.1 Å². The number of nitrogens with zero attached hydrogens (tertiary/aromatic N) is 2.